The van der Waals surface area contributed by atoms with E-state index >= 15 is 0 Å². The number of allylic oxidation sites excluding steroid dienone is 1. The maximum absolute atomic E-state index is 4.58. The van der Waals surface area contributed by atoms with Crippen LogP contribution in [0, 0.1) is 6.92 Å². The molecule has 134 valence electrons. The molecular formula is C22H21N5. The first-order chi connectivity index (χ1) is 13.2. The van der Waals surface area contributed by atoms with Gasteiger partial charge in [0.15, 0.2) is 0 Å². The van der Waals surface area contributed by atoms with Gasteiger partial charge in [0, 0.05) is 18.3 Å². The monoisotopic (exact) mass is 355 g/mol. The van der Waals surface area contributed by atoms with E-state index in [1.165, 1.54) is 5.56 Å². The molecule has 0 radical (unpaired) electrons. The SMILES string of the molecule is C=CCc1c(N(C)c2ccc(C)cc2)ncnc1-n1cnc2ccccc21. The van der Waals surface area contributed by atoms with Gasteiger partial charge in [-0.05, 0) is 37.6 Å². The number of para-hydroxylation sites is 2. The van der Waals surface area contributed by atoms with Gasteiger partial charge in [0.05, 0.1) is 11.0 Å². The van der Waals surface area contributed by atoms with Crippen molar-refractivity contribution in [3.63, 3.8) is 0 Å². The van der Waals surface area contributed by atoms with Crippen molar-refractivity contribution in [2.24, 2.45) is 0 Å². The van der Waals surface area contributed by atoms with Gasteiger partial charge in [-0.1, -0.05) is 35.9 Å². The Morgan fingerprint density at radius 3 is 2.59 bits per heavy atom. The molecule has 0 saturated heterocycles. The molecule has 0 fully saturated rings. The summed E-state index contributed by atoms with van der Waals surface area (Å²) in [4.78, 5) is 15.7. The van der Waals surface area contributed by atoms with Crippen molar-refractivity contribution in [1.29, 1.82) is 0 Å². The van der Waals surface area contributed by atoms with Crippen LogP contribution in [0.15, 0.2) is 73.8 Å². The van der Waals surface area contributed by atoms with Crippen LogP contribution in [0.1, 0.15) is 11.1 Å². The van der Waals surface area contributed by atoms with Gasteiger partial charge < -0.3 is 4.90 Å². The lowest BCUT2D eigenvalue weighted by Gasteiger charge is -2.22. The first-order valence-corrected chi connectivity index (χ1v) is 8.86. The molecule has 5 heteroatoms. The summed E-state index contributed by atoms with van der Waals surface area (Å²) in [6.45, 7) is 6.01. The largest absolute Gasteiger partial charge is 0.329 e. The van der Waals surface area contributed by atoms with Crippen molar-refractivity contribution in [3.8, 4) is 5.82 Å². The van der Waals surface area contributed by atoms with Gasteiger partial charge in [0.25, 0.3) is 0 Å². The second-order valence-corrected chi connectivity index (χ2v) is 6.49. The number of imidazole rings is 1. The Hall–Kier alpha value is -3.47. The summed E-state index contributed by atoms with van der Waals surface area (Å²) in [6.07, 6.45) is 5.97. The second-order valence-electron chi connectivity index (χ2n) is 6.49. The standard InChI is InChI=1S/C22H21N5/c1-4-7-18-21(26(3)17-12-10-16(2)11-13-17)23-14-24-22(18)27-15-25-19-8-5-6-9-20(19)27/h4-6,8-15H,1,7H2,2-3H3. The molecule has 0 atom stereocenters. The third-order valence-electron chi connectivity index (χ3n) is 4.67. The molecule has 4 aromatic rings. The molecule has 0 amide bonds. The molecule has 0 aliphatic carbocycles. The lowest BCUT2D eigenvalue weighted by molar-refractivity contribution is 0.940. The van der Waals surface area contributed by atoms with E-state index in [0.717, 1.165) is 33.9 Å². The molecular weight excluding hydrogens is 334 g/mol. The molecule has 5 nitrogen and oxygen atoms in total. The van der Waals surface area contributed by atoms with Crippen LogP contribution >= 0.6 is 0 Å². The third kappa shape index (κ3) is 3.08. The number of rotatable bonds is 5. The zero-order valence-electron chi connectivity index (χ0n) is 15.5. The molecule has 2 aromatic heterocycles. The van der Waals surface area contributed by atoms with Crippen molar-refractivity contribution < 1.29 is 0 Å². The van der Waals surface area contributed by atoms with E-state index in [9.17, 15) is 0 Å². The maximum Gasteiger partial charge on any atom is 0.147 e. The highest BCUT2D eigenvalue weighted by atomic mass is 15.2. The van der Waals surface area contributed by atoms with E-state index in [2.05, 4.69) is 57.6 Å². The van der Waals surface area contributed by atoms with Gasteiger partial charge in [-0.25, -0.2) is 15.0 Å². The zero-order chi connectivity index (χ0) is 18.8. The minimum Gasteiger partial charge on any atom is -0.329 e. The molecule has 0 saturated carbocycles. The smallest absolute Gasteiger partial charge is 0.147 e. The molecule has 0 spiro atoms. The van der Waals surface area contributed by atoms with Crippen LogP contribution in [0.3, 0.4) is 0 Å². The molecule has 4 rings (SSSR count). The quantitative estimate of drug-likeness (QED) is 0.490. The van der Waals surface area contributed by atoms with Crippen LogP contribution in [0.4, 0.5) is 11.5 Å². The van der Waals surface area contributed by atoms with Crippen LogP contribution < -0.4 is 4.90 Å². The van der Waals surface area contributed by atoms with Crippen LogP contribution in [0.2, 0.25) is 0 Å². The van der Waals surface area contributed by atoms with E-state index in [-0.39, 0.29) is 0 Å². The molecule has 27 heavy (non-hydrogen) atoms. The van der Waals surface area contributed by atoms with E-state index in [4.69, 9.17) is 0 Å². The number of aryl methyl sites for hydroxylation is 1. The Bertz CT molecular complexity index is 1100. The summed E-state index contributed by atoms with van der Waals surface area (Å²) in [6, 6.07) is 16.4. The summed E-state index contributed by atoms with van der Waals surface area (Å²) >= 11 is 0. The maximum atomic E-state index is 4.58. The Balaban J connectivity index is 1.87. The van der Waals surface area contributed by atoms with E-state index in [0.29, 0.717) is 6.42 Å². The van der Waals surface area contributed by atoms with Crippen LogP contribution in [-0.4, -0.2) is 26.6 Å². The summed E-state index contributed by atoms with van der Waals surface area (Å²) in [7, 11) is 2.02. The van der Waals surface area contributed by atoms with E-state index in [1.54, 1.807) is 6.33 Å². The van der Waals surface area contributed by atoms with Crippen molar-refractivity contribution in [1.82, 2.24) is 19.5 Å². The fourth-order valence-electron chi connectivity index (χ4n) is 3.24. The highest BCUT2D eigenvalue weighted by molar-refractivity contribution is 5.78. The van der Waals surface area contributed by atoms with Gasteiger partial charge in [-0.3, -0.25) is 4.57 Å². The number of fused-ring (bicyclic) bond motifs is 1. The predicted octanol–water partition coefficient (Wildman–Crippen LogP) is 4.62. The average molecular weight is 355 g/mol. The normalized spacial score (nSPS) is 10.9. The highest BCUT2D eigenvalue weighted by Gasteiger charge is 2.17. The first-order valence-electron chi connectivity index (χ1n) is 8.86. The van der Waals surface area contributed by atoms with Crippen LogP contribution in [-0.2, 0) is 6.42 Å². The van der Waals surface area contributed by atoms with E-state index < -0.39 is 0 Å². The van der Waals surface area contributed by atoms with Crippen LogP contribution in [0.5, 0.6) is 0 Å². The second kappa shape index (κ2) is 7.03. The van der Waals surface area contributed by atoms with Gasteiger partial charge in [0.1, 0.15) is 24.3 Å². The Kier molecular flexibility index (Phi) is 4.42. The molecule has 0 unspecified atom stereocenters. The Morgan fingerprint density at radius 1 is 1.04 bits per heavy atom. The van der Waals surface area contributed by atoms with Crippen molar-refractivity contribution >= 4 is 22.5 Å². The van der Waals surface area contributed by atoms with Gasteiger partial charge in [-0.2, -0.15) is 0 Å². The van der Waals surface area contributed by atoms with Gasteiger partial charge in [0.2, 0.25) is 0 Å². The summed E-state index contributed by atoms with van der Waals surface area (Å²) in [5.41, 5.74) is 5.27. The average Bonchev–Trinajstić information content (AvgIpc) is 3.12. The predicted molar refractivity (Wildman–Crippen MR) is 110 cm³/mol. The van der Waals surface area contributed by atoms with Crippen LogP contribution in [0.25, 0.3) is 16.9 Å². The molecule has 0 bridgehead atoms. The fraction of sp³-hybridized carbons (Fsp3) is 0.136. The number of anilines is 2. The highest BCUT2D eigenvalue weighted by Crippen LogP contribution is 2.30. The molecule has 0 aliphatic rings. The van der Waals surface area contributed by atoms with Crippen molar-refractivity contribution in [2.75, 3.05) is 11.9 Å². The number of hydrogen-bond acceptors (Lipinski definition) is 4. The molecule has 2 aromatic carbocycles. The molecule has 2 heterocycles. The number of aromatic nitrogens is 4. The van der Waals surface area contributed by atoms with E-state index in [1.807, 2.05) is 48.3 Å². The minimum absolute atomic E-state index is 0.661. The molecule has 0 N–H and O–H groups in total. The minimum atomic E-state index is 0.661. The first kappa shape index (κ1) is 17.0. The topological polar surface area (TPSA) is 46.8 Å². The lowest BCUT2D eigenvalue weighted by Crippen LogP contribution is -2.16. The van der Waals surface area contributed by atoms with Gasteiger partial charge in [-0.15, -0.1) is 6.58 Å². The molecule has 0 aliphatic heterocycles. The van der Waals surface area contributed by atoms with Crippen molar-refractivity contribution in [2.45, 2.75) is 13.3 Å². The number of benzene rings is 2. The lowest BCUT2D eigenvalue weighted by atomic mass is 10.1. The number of nitrogens with zero attached hydrogens (tertiary/aromatic N) is 5. The summed E-state index contributed by atoms with van der Waals surface area (Å²) < 4.78 is 2.02. The van der Waals surface area contributed by atoms with Gasteiger partial charge >= 0.3 is 0 Å². The zero-order valence-corrected chi connectivity index (χ0v) is 15.5. The van der Waals surface area contributed by atoms with Crippen molar-refractivity contribution in [3.05, 3.63) is 85.0 Å². The Morgan fingerprint density at radius 2 is 1.81 bits per heavy atom. The fourth-order valence-corrected chi connectivity index (χ4v) is 3.24. The summed E-state index contributed by atoms with van der Waals surface area (Å²) in [5.74, 6) is 1.69. The summed E-state index contributed by atoms with van der Waals surface area (Å²) in [5, 5.41) is 0. The Labute approximate surface area is 158 Å². The number of hydrogen-bond donors (Lipinski definition) is 0. The third-order valence-corrected chi connectivity index (χ3v) is 4.67.